The molecule has 0 unspecified atom stereocenters. The highest BCUT2D eigenvalue weighted by molar-refractivity contribution is 9.10. The van der Waals surface area contributed by atoms with Gasteiger partial charge < -0.3 is 5.32 Å². The number of benzene rings is 3. The fraction of sp³-hybridized carbons (Fsp3) is 0.111. The third kappa shape index (κ3) is 3.24. The number of aryl methyl sites for hydroxylation is 1. The van der Waals surface area contributed by atoms with Crippen molar-refractivity contribution in [1.29, 1.82) is 0 Å². The monoisotopic (exact) mass is 343 g/mol. The molecule has 0 aromatic heterocycles. The number of hydrogen-bond donors (Lipinski definition) is 1. The minimum atomic E-state index is -0.157. The van der Waals surface area contributed by atoms with Crippen LogP contribution in [0, 0.1) is 12.7 Å². The van der Waals surface area contributed by atoms with Gasteiger partial charge in [-0.25, -0.2) is 4.39 Å². The zero-order chi connectivity index (χ0) is 14.8. The SMILES string of the molecule is Cc1cc(CNc2ccc3cc(Br)ccc3c2)ccc1F. The summed E-state index contributed by atoms with van der Waals surface area (Å²) in [6.07, 6.45) is 0. The highest BCUT2D eigenvalue weighted by Crippen LogP contribution is 2.23. The summed E-state index contributed by atoms with van der Waals surface area (Å²) in [4.78, 5) is 0. The molecule has 0 spiro atoms. The topological polar surface area (TPSA) is 12.0 Å². The summed E-state index contributed by atoms with van der Waals surface area (Å²) in [7, 11) is 0. The average molecular weight is 344 g/mol. The fourth-order valence-corrected chi connectivity index (χ4v) is 2.73. The van der Waals surface area contributed by atoms with Crippen LogP contribution in [0.5, 0.6) is 0 Å². The lowest BCUT2D eigenvalue weighted by molar-refractivity contribution is 0.617. The van der Waals surface area contributed by atoms with E-state index in [1.165, 1.54) is 16.8 Å². The molecule has 0 fully saturated rings. The lowest BCUT2D eigenvalue weighted by Crippen LogP contribution is -2.00. The van der Waals surface area contributed by atoms with Crippen LogP contribution >= 0.6 is 15.9 Å². The number of anilines is 1. The van der Waals surface area contributed by atoms with E-state index >= 15 is 0 Å². The fourth-order valence-electron chi connectivity index (χ4n) is 2.35. The minimum absolute atomic E-state index is 0.157. The van der Waals surface area contributed by atoms with Crippen molar-refractivity contribution in [3.05, 3.63) is 76.0 Å². The molecule has 3 rings (SSSR count). The Morgan fingerprint density at radius 3 is 2.52 bits per heavy atom. The van der Waals surface area contributed by atoms with E-state index in [-0.39, 0.29) is 5.82 Å². The molecule has 0 aliphatic heterocycles. The Morgan fingerprint density at radius 1 is 0.952 bits per heavy atom. The van der Waals surface area contributed by atoms with Crippen molar-refractivity contribution < 1.29 is 4.39 Å². The van der Waals surface area contributed by atoms with Crippen LogP contribution in [0.2, 0.25) is 0 Å². The summed E-state index contributed by atoms with van der Waals surface area (Å²) >= 11 is 3.48. The van der Waals surface area contributed by atoms with Gasteiger partial charge in [0.15, 0.2) is 0 Å². The van der Waals surface area contributed by atoms with E-state index in [1.807, 2.05) is 18.2 Å². The van der Waals surface area contributed by atoms with E-state index in [0.717, 1.165) is 15.7 Å². The third-order valence-electron chi connectivity index (χ3n) is 3.52. The molecule has 106 valence electrons. The maximum absolute atomic E-state index is 13.2. The maximum Gasteiger partial charge on any atom is 0.126 e. The van der Waals surface area contributed by atoms with Gasteiger partial charge in [0, 0.05) is 16.7 Å². The molecule has 21 heavy (non-hydrogen) atoms. The molecule has 0 bridgehead atoms. The summed E-state index contributed by atoms with van der Waals surface area (Å²) in [6, 6.07) is 17.7. The predicted molar refractivity (Wildman–Crippen MR) is 90.1 cm³/mol. The van der Waals surface area contributed by atoms with Crippen molar-refractivity contribution in [2.45, 2.75) is 13.5 Å². The van der Waals surface area contributed by atoms with E-state index in [1.54, 1.807) is 6.92 Å². The molecule has 3 aromatic rings. The van der Waals surface area contributed by atoms with E-state index in [0.29, 0.717) is 12.1 Å². The summed E-state index contributed by atoms with van der Waals surface area (Å²) in [5, 5.41) is 5.77. The number of hydrogen-bond acceptors (Lipinski definition) is 1. The Balaban J connectivity index is 1.78. The second kappa shape index (κ2) is 5.86. The van der Waals surface area contributed by atoms with Crippen molar-refractivity contribution in [3.63, 3.8) is 0 Å². The number of fused-ring (bicyclic) bond motifs is 1. The van der Waals surface area contributed by atoms with Gasteiger partial charge in [0.05, 0.1) is 0 Å². The van der Waals surface area contributed by atoms with E-state index < -0.39 is 0 Å². The first-order chi connectivity index (χ1) is 10.1. The zero-order valence-electron chi connectivity index (χ0n) is 11.7. The summed E-state index contributed by atoms with van der Waals surface area (Å²) in [5.41, 5.74) is 2.81. The van der Waals surface area contributed by atoms with Gasteiger partial charge in [-0.3, -0.25) is 0 Å². The first-order valence-electron chi connectivity index (χ1n) is 6.80. The van der Waals surface area contributed by atoms with E-state index in [9.17, 15) is 4.39 Å². The van der Waals surface area contributed by atoms with Gasteiger partial charge in [-0.05, 0) is 59.2 Å². The van der Waals surface area contributed by atoms with Crippen molar-refractivity contribution in [1.82, 2.24) is 0 Å². The number of nitrogens with one attached hydrogen (secondary N) is 1. The van der Waals surface area contributed by atoms with Gasteiger partial charge in [-0.15, -0.1) is 0 Å². The van der Waals surface area contributed by atoms with Crippen molar-refractivity contribution in [2.75, 3.05) is 5.32 Å². The van der Waals surface area contributed by atoms with Crippen molar-refractivity contribution in [2.24, 2.45) is 0 Å². The molecular weight excluding hydrogens is 329 g/mol. The highest BCUT2D eigenvalue weighted by Gasteiger charge is 2.01. The number of rotatable bonds is 3. The van der Waals surface area contributed by atoms with Crippen LogP contribution in [0.3, 0.4) is 0 Å². The molecule has 0 aliphatic carbocycles. The van der Waals surface area contributed by atoms with Crippen LogP contribution in [-0.2, 0) is 6.54 Å². The Hall–Kier alpha value is -1.87. The Labute approximate surface area is 131 Å². The smallest absolute Gasteiger partial charge is 0.126 e. The summed E-state index contributed by atoms with van der Waals surface area (Å²) < 4.78 is 14.3. The van der Waals surface area contributed by atoms with Crippen LogP contribution in [0.25, 0.3) is 10.8 Å². The quantitative estimate of drug-likeness (QED) is 0.646. The first kappa shape index (κ1) is 14.1. The summed E-state index contributed by atoms with van der Waals surface area (Å²) in [6.45, 7) is 2.47. The van der Waals surface area contributed by atoms with Crippen molar-refractivity contribution in [3.8, 4) is 0 Å². The zero-order valence-corrected chi connectivity index (χ0v) is 13.2. The molecule has 0 heterocycles. The van der Waals surface area contributed by atoms with Crippen LogP contribution in [0.4, 0.5) is 10.1 Å². The summed E-state index contributed by atoms with van der Waals surface area (Å²) in [5.74, 6) is -0.157. The molecule has 3 heteroatoms. The predicted octanol–water partition coefficient (Wildman–Crippen LogP) is 5.66. The van der Waals surface area contributed by atoms with Gasteiger partial charge >= 0.3 is 0 Å². The number of halogens is 2. The average Bonchev–Trinajstić information content (AvgIpc) is 2.48. The highest BCUT2D eigenvalue weighted by atomic mass is 79.9. The molecule has 1 N–H and O–H groups in total. The molecule has 0 saturated heterocycles. The Morgan fingerprint density at radius 2 is 1.71 bits per heavy atom. The molecular formula is C18H15BrFN. The molecule has 1 nitrogen and oxygen atoms in total. The van der Waals surface area contributed by atoms with Crippen molar-refractivity contribution >= 4 is 32.4 Å². The lowest BCUT2D eigenvalue weighted by Gasteiger charge is -2.09. The minimum Gasteiger partial charge on any atom is -0.381 e. The Kier molecular flexibility index (Phi) is 3.93. The molecule has 0 atom stereocenters. The molecule has 0 aliphatic rings. The molecule has 0 saturated carbocycles. The van der Waals surface area contributed by atoms with E-state index in [2.05, 4.69) is 51.6 Å². The van der Waals surface area contributed by atoms with Gasteiger partial charge in [-0.2, -0.15) is 0 Å². The Bertz CT molecular complexity index is 798. The largest absolute Gasteiger partial charge is 0.381 e. The van der Waals surface area contributed by atoms with Crippen LogP contribution < -0.4 is 5.32 Å². The maximum atomic E-state index is 13.2. The molecule has 3 aromatic carbocycles. The van der Waals surface area contributed by atoms with Gasteiger partial charge in [0.1, 0.15) is 5.82 Å². The standard InChI is InChI=1S/C18H15BrFN/c1-12-8-13(2-7-18(12)20)11-21-17-6-4-14-9-16(19)5-3-15(14)10-17/h2-10,21H,11H2,1H3. The van der Waals surface area contributed by atoms with Crippen LogP contribution in [-0.4, -0.2) is 0 Å². The van der Waals surface area contributed by atoms with Gasteiger partial charge in [0.2, 0.25) is 0 Å². The normalized spacial score (nSPS) is 10.8. The lowest BCUT2D eigenvalue weighted by atomic mass is 10.1. The third-order valence-corrected chi connectivity index (χ3v) is 4.01. The van der Waals surface area contributed by atoms with Crippen LogP contribution in [0.15, 0.2) is 59.1 Å². The molecule has 0 amide bonds. The second-order valence-electron chi connectivity index (χ2n) is 5.14. The van der Waals surface area contributed by atoms with E-state index in [4.69, 9.17) is 0 Å². The molecule has 0 radical (unpaired) electrons. The second-order valence-corrected chi connectivity index (χ2v) is 6.06. The van der Waals surface area contributed by atoms with Gasteiger partial charge in [0.25, 0.3) is 0 Å². The first-order valence-corrected chi connectivity index (χ1v) is 7.59. The van der Waals surface area contributed by atoms with Crippen LogP contribution in [0.1, 0.15) is 11.1 Å². The van der Waals surface area contributed by atoms with Gasteiger partial charge in [-0.1, -0.05) is 40.2 Å².